The third-order valence-corrected chi connectivity index (χ3v) is 5.42. The van der Waals surface area contributed by atoms with Gasteiger partial charge in [-0.2, -0.15) is 10.1 Å². The van der Waals surface area contributed by atoms with Crippen LogP contribution in [0.3, 0.4) is 0 Å². The van der Waals surface area contributed by atoms with Crippen molar-refractivity contribution in [2.24, 2.45) is 0 Å². The summed E-state index contributed by atoms with van der Waals surface area (Å²) in [7, 11) is 0. The highest BCUT2D eigenvalue weighted by Crippen LogP contribution is 2.29. The summed E-state index contributed by atoms with van der Waals surface area (Å²) < 4.78 is 7.55. The minimum atomic E-state index is 0.391. The van der Waals surface area contributed by atoms with Crippen LogP contribution in [0, 0.1) is 6.92 Å². The second kappa shape index (κ2) is 9.57. The number of rotatable bonds is 8. The zero-order chi connectivity index (χ0) is 21.8. The second-order valence-corrected chi connectivity index (χ2v) is 7.88. The monoisotopic (exact) mass is 424 g/mol. The Bertz CT molecular complexity index is 1030. The summed E-state index contributed by atoms with van der Waals surface area (Å²) in [5.74, 6) is 2.22. The Morgan fingerprint density at radius 1 is 1.23 bits per heavy atom. The summed E-state index contributed by atoms with van der Waals surface area (Å²) in [6.07, 6.45) is 0.800. The number of aryl methyl sites for hydroxylation is 2. The van der Waals surface area contributed by atoms with Crippen LogP contribution in [-0.2, 0) is 17.7 Å². The van der Waals surface area contributed by atoms with Crippen LogP contribution in [0.2, 0.25) is 0 Å². The van der Waals surface area contributed by atoms with E-state index in [9.17, 15) is 0 Å². The number of ether oxygens (including phenoxy) is 1. The third-order valence-electron chi connectivity index (χ3n) is 5.42. The normalized spacial score (nSPS) is 16.8. The van der Waals surface area contributed by atoms with Crippen molar-refractivity contribution in [2.45, 2.75) is 46.7 Å². The lowest BCUT2D eigenvalue weighted by Gasteiger charge is -2.32. The van der Waals surface area contributed by atoms with Crippen LogP contribution in [0.15, 0.2) is 18.2 Å². The van der Waals surface area contributed by atoms with Crippen molar-refractivity contribution in [3.8, 4) is 0 Å². The molecule has 3 aromatic heterocycles. The summed E-state index contributed by atoms with van der Waals surface area (Å²) in [5, 5.41) is 11.8. The molecular formula is C22H32N8O. The number of hydrogen-bond acceptors (Lipinski definition) is 8. The number of nitrogens with one attached hydrogen (secondary N) is 2. The molecule has 0 spiro atoms. The Balaban J connectivity index is 1.81. The molecule has 1 aliphatic rings. The Morgan fingerprint density at radius 3 is 2.84 bits per heavy atom. The van der Waals surface area contributed by atoms with Crippen molar-refractivity contribution in [3.05, 3.63) is 29.6 Å². The standard InChI is InChI=1S/C22H32N8O/c1-5-17-19-20(30(28-17)12-13-31-6-2)21(25-18-9-7-8-15(3)24-18)27-22(26-19)29-11-10-23-16(4)14-29/h7-9,16,23H,5-6,10-14H2,1-4H3,(H,24,25,26,27)/t16-/m1/s1. The van der Waals surface area contributed by atoms with Gasteiger partial charge in [-0.25, -0.2) is 9.97 Å². The van der Waals surface area contributed by atoms with Gasteiger partial charge in [-0.15, -0.1) is 0 Å². The Hall–Kier alpha value is -2.78. The first kappa shape index (κ1) is 21.5. The van der Waals surface area contributed by atoms with Gasteiger partial charge in [0, 0.05) is 38.0 Å². The van der Waals surface area contributed by atoms with E-state index in [-0.39, 0.29) is 0 Å². The quantitative estimate of drug-likeness (QED) is 0.533. The van der Waals surface area contributed by atoms with Crippen LogP contribution >= 0.6 is 0 Å². The Morgan fingerprint density at radius 2 is 2.10 bits per heavy atom. The largest absolute Gasteiger partial charge is 0.380 e. The fourth-order valence-corrected chi connectivity index (χ4v) is 3.90. The molecule has 1 atom stereocenters. The van der Waals surface area contributed by atoms with E-state index in [4.69, 9.17) is 19.8 Å². The van der Waals surface area contributed by atoms with Gasteiger partial charge in [-0.1, -0.05) is 13.0 Å². The highest BCUT2D eigenvalue weighted by Gasteiger charge is 2.23. The first-order valence-electron chi connectivity index (χ1n) is 11.1. The molecule has 1 aliphatic heterocycles. The first-order chi connectivity index (χ1) is 15.1. The number of aromatic nitrogens is 5. The minimum absolute atomic E-state index is 0.391. The lowest BCUT2D eigenvalue weighted by Crippen LogP contribution is -2.49. The SMILES string of the molecule is CCOCCn1nc(CC)c2nc(N3CCN[C@H](C)C3)nc(Nc3cccc(C)n3)c21. The van der Waals surface area contributed by atoms with Crippen LogP contribution in [0.4, 0.5) is 17.6 Å². The van der Waals surface area contributed by atoms with Gasteiger partial charge < -0.3 is 20.3 Å². The van der Waals surface area contributed by atoms with Gasteiger partial charge in [-0.3, -0.25) is 4.68 Å². The van der Waals surface area contributed by atoms with E-state index >= 15 is 0 Å². The van der Waals surface area contributed by atoms with Crippen molar-refractivity contribution in [3.63, 3.8) is 0 Å². The highest BCUT2D eigenvalue weighted by atomic mass is 16.5. The van der Waals surface area contributed by atoms with Gasteiger partial charge in [0.25, 0.3) is 0 Å². The summed E-state index contributed by atoms with van der Waals surface area (Å²) in [6.45, 7) is 12.9. The van der Waals surface area contributed by atoms with Crippen molar-refractivity contribution < 1.29 is 4.74 Å². The zero-order valence-corrected chi connectivity index (χ0v) is 18.9. The van der Waals surface area contributed by atoms with Gasteiger partial charge in [0.1, 0.15) is 16.9 Å². The van der Waals surface area contributed by atoms with Crippen LogP contribution < -0.4 is 15.5 Å². The molecule has 3 aromatic rings. The lowest BCUT2D eigenvalue weighted by molar-refractivity contribution is 0.137. The maximum absolute atomic E-state index is 5.58. The molecule has 0 amide bonds. The van der Waals surface area contributed by atoms with E-state index in [1.54, 1.807) is 0 Å². The zero-order valence-electron chi connectivity index (χ0n) is 18.9. The molecule has 1 saturated heterocycles. The smallest absolute Gasteiger partial charge is 0.228 e. The molecule has 2 N–H and O–H groups in total. The molecule has 0 saturated carbocycles. The van der Waals surface area contributed by atoms with E-state index in [1.165, 1.54) is 0 Å². The summed E-state index contributed by atoms with van der Waals surface area (Å²) in [5.41, 5.74) is 3.71. The molecule has 31 heavy (non-hydrogen) atoms. The Labute approximate surface area is 183 Å². The average Bonchev–Trinajstić information content (AvgIpc) is 3.12. The molecular weight excluding hydrogens is 392 g/mol. The van der Waals surface area contributed by atoms with Crippen LogP contribution in [0.5, 0.6) is 0 Å². The lowest BCUT2D eigenvalue weighted by atomic mass is 10.2. The highest BCUT2D eigenvalue weighted by molar-refractivity contribution is 5.90. The number of anilines is 3. The second-order valence-electron chi connectivity index (χ2n) is 7.88. The molecule has 4 heterocycles. The molecule has 9 heteroatoms. The van der Waals surface area contributed by atoms with Crippen molar-refractivity contribution in [2.75, 3.05) is 43.1 Å². The number of piperazine rings is 1. The third kappa shape index (κ3) is 4.77. The van der Waals surface area contributed by atoms with Gasteiger partial charge in [0.15, 0.2) is 5.82 Å². The van der Waals surface area contributed by atoms with E-state index in [2.05, 4.69) is 34.4 Å². The summed E-state index contributed by atoms with van der Waals surface area (Å²) >= 11 is 0. The van der Waals surface area contributed by atoms with E-state index in [0.717, 1.165) is 66.1 Å². The predicted octanol–water partition coefficient (Wildman–Crippen LogP) is 2.67. The molecule has 1 fully saturated rings. The maximum atomic E-state index is 5.58. The number of hydrogen-bond donors (Lipinski definition) is 2. The molecule has 0 aliphatic carbocycles. The fraction of sp³-hybridized carbons (Fsp3) is 0.545. The molecule has 0 radical (unpaired) electrons. The van der Waals surface area contributed by atoms with Crippen LogP contribution in [0.25, 0.3) is 11.0 Å². The molecule has 0 unspecified atom stereocenters. The molecule has 166 valence electrons. The first-order valence-corrected chi connectivity index (χ1v) is 11.1. The van der Waals surface area contributed by atoms with E-state index < -0.39 is 0 Å². The predicted molar refractivity (Wildman–Crippen MR) is 123 cm³/mol. The molecule has 0 aromatic carbocycles. The number of nitrogens with zero attached hydrogens (tertiary/aromatic N) is 6. The van der Waals surface area contributed by atoms with Crippen molar-refractivity contribution in [1.29, 1.82) is 0 Å². The Kier molecular flexibility index (Phi) is 6.62. The maximum Gasteiger partial charge on any atom is 0.228 e. The summed E-state index contributed by atoms with van der Waals surface area (Å²) in [4.78, 5) is 16.8. The summed E-state index contributed by atoms with van der Waals surface area (Å²) in [6, 6.07) is 6.32. The van der Waals surface area contributed by atoms with Gasteiger partial charge in [0.05, 0.1) is 18.8 Å². The molecule has 9 nitrogen and oxygen atoms in total. The molecule has 4 rings (SSSR count). The van der Waals surface area contributed by atoms with Gasteiger partial charge >= 0.3 is 0 Å². The topological polar surface area (TPSA) is 93.0 Å². The molecule has 0 bridgehead atoms. The van der Waals surface area contributed by atoms with Crippen molar-refractivity contribution >= 4 is 28.6 Å². The number of fused-ring (bicyclic) bond motifs is 1. The van der Waals surface area contributed by atoms with E-state index in [0.29, 0.717) is 25.8 Å². The van der Waals surface area contributed by atoms with Crippen molar-refractivity contribution in [1.82, 2.24) is 30.0 Å². The van der Waals surface area contributed by atoms with Gasteiger partial charge in [-0.05, 0) is 39.3 Å². The van der Waals surface area contributed by atoms with E-state index in [1.807, 2.05) is 36.7 Å². The average molecular weight is 425 g/mol. The van der Waals surface area contributed by atoms with Crippen LogP contribution in [0.1, 0.15) is 32.2 Å². The minimum Gasteiger partial charge on any atom is -0.380 e. The van der Waals surface area contributed by atoms with Gasteiger partial charge in [0.2, 0.25) is 5.95 Å². The van der Waals surface area contributed by atoms with Crippen LogP contribution in [-0.4, -0.2) is 63.6 Å². The fourth-order valence-electron chi connectivity index (χ4n) is 3.90. The number of pyridine rings is 1.